The molecule has 3 aliphatic heterocycles. The van der Waals surface area contributed by atoms with E-state index >= 15 is 0 Å². The number of allylic oxidation sites excluding steroid dienone is 1. The summed E-state index contributed by atoms with van der Waals surface area (Å²) in [6, 6.07) is 0. The summed E-state index contributed by atoms with van der Waals surface area (Å²) in [5, 5.41) is 27.5. The van der Waals surface area contributed by atoms with Crippen LogP contribution >= 0.6 is 0 Å². The number of hydrogen-bond acceptors (Lipinski definition) is 6. The van der Waals surface area contributed by atoms with E-state index in [0.29, 0.717) is 0 Å². The van der Waals surface area contributed by atoms with Crippen LogP contribution < -0.4 is 0 Å². The van der Waals surface area contributed by atoms with E-state index in [9.17, 15) is 15.3 Å². The van der Waals surface area contributed by atoms with Crippen LogP contribution in [0.3, 0.4) is 0 Å². The number of fused-ring (bicyclic) bond motifs is 1. The normalized spacial score (nSPS) is 38.8. The van der Waals surface area contributed by atoms with Crippen LogP contribution in [0.25, 0.3) is 0 Å². The zero-order valence-electron chi connectivity index (χ0n) is 10.8. The molecule has 3 rings (SSSR count). The lowest BCUT2D eigenvalue weighted by atomic mass is 9.93. The third-order valence-electron chi connectivity index (χ3n) is 3.65. The molecule has 0 saturated carbocycles. The minimum atomic E-state index is -2.90. The summed E-state index contributed by atoms with van der Waals surface area (Å²) in [6.07, 6.45) is 4.68. The van der Waals surface area contributed by atoms with Crippen LogP contribution in [-0.4, -0.2) is 39.7 Å². The average molecular weight is 260 g/mol. The highest BCUT2D eigenvalue weighted by Crippen LogP contribution is 2.56. The number of rotatable bonds is 5. The van der Waals surface area contributed by atoms with Crippen molar-refractivity contribution in [1.29, 1.82) is 0 Å². The monoisotopic (exact) mass is 260 g/mol. The molecule has 0 aromatic rings. The Morgan fingerprint density at radius 3 is 2.39 bits per heavy atom. The van der Waals surface area contributed by atoms with Crippen LogP contribution in [0, 0.1) is 11.8 Å². The molecule has 0 aliphatic carbocycles. The molecule has 0 radical (unpaired) electrons. The fraction of sp³-hybridized carbons (Fsp3) is 0.833. The highest BCUT2D eigenvalue weighted by molar-refractivity contribution is 5.04. The highest BCUT2D eigenvalue weighted by atomic mass is 17.1. The van der Waals surface area contributed by atoms with Gasteiger partial charge < -0.3 is 20.1 Å². The Labute approximate surface area is 106 Å². The zero-order valence-corrected chi connectivity index (χ0v) is 10.8. The second-order valence-electron chi connectivity index (χ2n) is 4.86. The SMILES string of the molecule is C/C=C/C(CC)C12COC(C(C)C(O)(O)O)(O1)O2. The molecule has 0 amide bonds. The summed E-state index contributed by atoms with van der Waals surface area (Å²) in [5.41, 5.74) is 0. The van der Waals surface area contributed by atoms with Gasteiger partial charge in [0.1, 0.15) is 12.5 Å². The van der Waals surface area contributed by atoms with Crippen LogP contribution in [0.1, 0.15) is 27.2 Å². The van der Waals surface area contributed by atoms with Gasteiger partial charge in [0.25, 0.3) is 11.9 Å². The molecule has 104 valence electrons. The number of hydrogen-bond donors (Lipinski definition) is 3. The molecule has 3 N–H and O–H groups in total. The summed E-state index contributed by atoms with van der Waals surface area (Å²) in [6.45, 7) is 5.49. The van der Waals surface area contributed by atoms with Crippen molar-refractivity contribution < 1.29 is 29.5 Å². The second-order valence-corrected chi connectivity index (χ2v) is 4.86. The van der Waals surface area contributed by atoms with Gasteiger partial charge in [-0.05, 0) is 20.3 Å². The van der Waals surface area contributed by atoms with Crippen molar-refractivity contribution in [3.63, 3.8) is 0 Å². The molecule has 18 heavy (non-hydrogen) atoms. The lowest BCUT2D eigenvalue weighted by Crippen LogP contribution is -2.65. The van der Waals surface area contributed by atoms with Crippen molar-refractivity contribution in [1.82, 2.24) is 0 Å². The van der Waals surface area contributed by atoms with E-state index in [1.807, 2.05) is 26.0 Å². The zero-order chi connectivity index (χ0) is 13.6. The third-order valence-corrected chi connectivity index (χ3v) is 3.65. The van der Waals surface area contributed by atoms with Crippen LogP contribution in [0.15, 0.2) is 12.2 Å². The minimum absolute atomic E-state index is 0.0239. The maximum atomic E-state index is 9.18. The van der Waals surface area contributed by atoms with Gasteiger partial charge in [0, 0.05) is 5.92 Å². The minimum Gasteiger partial charge on any atom is -0.343 e. The number of ether oxygens (including phenoxy) is 3. The summed E-state index contributed by atoms with van der Waals surface area (Å²) in [5.74, 6) is -6.45. The number of aliphatic hydroxyl groups is 3. The lowest BCUT2D eigenvalue weighted by molar-refractivity contribution is -0.557. The molecule has 2 bridgehead atoms. The van der Waals surface area contributed by atoms with E-state index < -0.39 is 23.7 Å². The van der Waals surface area contributed by atoms with Crippen molar-refractivity contribution in [2.75, 3.05) is 6.61 Å². The van der Waals surface area contributed by atoms with Gasteiger partial charge in [-0.3, -0.25) is 9.47 Å². The first-order chi connectivity index (χ1) is 8.30. The molecule has 0 aromatic heterocycles. The fourth-order valence-corrected chi connectivity index (χ4v) is 2.43. The van der Waals surface area contributed by atoms with Crippen LogP contribution in [0.2, 0.25) is 0 Å². The first-order valence-corrected chi connectivity index (χ1v) is 6.14. The topological polar surface area (TPSA) is 88.4 Å². The Hall–Kier alpha value is -0.500. The van der Waals surface area contributed by atoms with Crippen LogP contribution in [0.5, 0.6) is 0 Å². The standard InChI is InChI=1S/C12H20O6/c1-4-6-9(5-2)10-7-16-12(17-10,18-10)8(3)11(13,14)15/h4,6,8-9,13-15H,5,7H2,1-3H3/b6-4+. The van der Waals surface area contributed by atoms with E-state index in [2.05, 4.69) is 0 Å². The van der Waals surface area contributed by atoms with Gasteiger partial charge in [-0.1, -0.05) is 19.1 Å². The largest absolute Gasteiger partial charge is 0.343 e. The van der Waals surface area contributed by atoms with Crippen molar-refractivity contribution in [2.45, 2.75) is 44.9 Å². The quantitative estimate of drug-likeness (QED) is 0.486. The van der Waals surface area contributed by atoms with Crippen LogP contribution in [0.4, 0.5) is 0 Å². The molecule has 3 saturated heterocycles. The van der Waals surface area contributed by atoms with E-state index in [1.54, 1.807) is 0 Å². The van der Waals surface area contributed by atoms with Gasteiger partial charge in [0.2, 0.25) is 5.79 Å². The molecule has 6 nitrogen and oxygen atoms in total. The molecule has 2 unspecified atom stereocenters. The summed E-state index contributed by atoms with van der Waals surface area (Å²) >= 11 is 0. The van der Waals surface area contributed by atoms with E-state index in [0.717, 1.165) is 6.42 Å². The molecule has 6 heteroatoms. The molecule has 0 spiro atoms. The molecular weight excluding hydrogens is 240 g/mol. The summed E-state index contributed by atoms with van der Waals surface area (Å²) in [7, 11) is 0. The maximum Gasteiger partial charge on any atom is 0.298 e. The first-order valence-electron chi connectivity index (χ1n) is 6.14. The molecule has 3 heterocycles. The Morgan fingerprint density at radius 1 is 1.33 bits per heavy atom. The van der Waals surface area contributed by atoms with Crippen molar-refractivity contribution in [2.24, 2.45) is 11.8 Å². The van der Waals surface area contributed by atoms with E-state index in [-0.39, 0.29) is 12.5 Å². The summed E-state index contributed by atoms with van der Waals surface area (Å²) in [4.78, 5) is 0. The van der Waals surface area contributed by atoms with Gasteiger partial charge in [-0.15, -0.1) is 0 Å². The second kappa shape index (κ2) is 4.26. The fourth-order valence-electron chi connectivity index (χ4n) is 2.43. The molecule has 2 atom stereocenters. The Morgan fingerprint density at radius 2 is 1.94 bits per heavy atom. The Kier molecular flexibility index (Phi) is 3.30. The van der Waals surface area contributed by atoms with Gasteiger partial charge in [0.05, 0.1) is 0 Å². The molecular formula is C12H20O6. The Balaban J connectivity index is 2.11. The molecule has 0 aromatic carbocycles. The molecule has 3 aliphatic rings. The van der Waals surface area contributed by atoms with Gasteiger partial charge in [0.15, 0.2) is 0 Å². The van der Waals surface area contributed by atoms with E-state index in [4.69, 9.17) is 14.2 Å². The van der Waals surface area contributed by atoms with Gasteiger partial charge in [-0.2, -0.15) is 0 Å². The smallest absolute Gasteiger partial charge is 0.298 e. The summed E-state index contributed by atoms with van der Waals surface area (Å²) < 4.78 is 16.7. The van der Waals surface area contributed by atoms with Crippen LogP contribution in [-0.2, 0) is 14.2 Å². The van der Waals surface area contributed by atoms with Crippen molar-refractivity contribution in [3.8, 4) is 0 Å². The van der Waals surface area contributed by atoms with Gasteiger partial charge in [-0.25, -0.2) is 0 Å². The predicted molar refractivity (Wildman–Crippen MR) is 60.7 cm³/mol. The van der Waals surface area contributed by atoms with E-state index in [1.165, 1.54) is 6.92 Å². The maximum absolute atomic E-state index is 9.18. The highest BCUT2D eigenvalue weighted by Gasteiger charge is 2.73. The first kappa shape index (κ1) is 13.9. The third kappa shape index (κ3) is 1.89. The van der Waals surface area contributed by atoms with Crippen molar-refractivity contribution >= 4 is 0 Å². The predicted octanol–water partition coefficient (Wildman–Crippen LogP) is 0.283. The molecule has 3 fully saturated rings. The van der Waals surface area contributed by atoms with Crippen molar-refractivity contribution in [3.05, 3.63) is 12.2 Å². The van der Waals surface area contributed by atoms with Gasteiger partial charge >= 0.3 is 0 Å². The average Bonchev–Trinajstić information content (AvgIpc) is 2.79. The Bertz CT molecular complexity index is 339. The lowest BCUT2D eigenvalue weighted by Gasteiger charge is -2.50.